The molecule has 1 heterocycles. The lowest BCUT2D eigenvalue weighted by atomic mass is 10.4. The van der Waals surface area contributed by atoms with Gasteiger partial charge in [0.25, 0.3) is 0 Å². The molecule has 7 heteroatoms. The summed E-state index contributed by atoms with van der Waals surface area (Å²) in [6.07, 6.45) is 1.41. The van der Waals surface area contributed by atoms with Gasteiger partial charge in [0.15, 0.2) is 0 Å². The SMILES string of the molecule is Cc1nn(COCC[Si](C)(C)C)cc1[N+](=O)[O-]. The first-order valence-electron chi connectivity index (χ1n) is 5.56. The summed E-state index contributed by atoms with van der Waals surface area (Å²) in [6, 6.07) is 1.08. The van der Waals surface area contributed by atoms with Gasteiger partial charge >= 0.3 is 5.69 Å². The maximum Gasteiger partial charge on any atom is 0.309 e. The van der Waals surface area contributed by atoms with E-state index in [2.05, 4.69) is 24.7 Å². The van der Waals surface area contributed by atoms with E-state index in [1.54, 1.807) is 6.92 Å². The van der Waals surface area contributed by atoms with E-state index in [4.69, 9.17) is 4.74 Å². The van der Waals surface area contributed by atoms with Crippen LogP contribution in [0.4, 0.5) is 5.69 Å². The highest BCUT2D eigenvalue weighted by atomic mass is 28.3. The van der Waals surface area contributed by atoms with Gasteiger partial charge in [-0.1, -0.05) is 19.6 Å². The normalized spacial score (nSPS) is 11.8. The molecule has 0 aliphatic heterocycles. The van der Waals surface area contributed by atoms with Crippen molar-refractivity contribution in [3.63, 3.8) is 0 Å². The van der Waals surface area contributed by atoms with Crippen LogP contribution in [0, 0.1) is 17.0 Å². The Balaban J connectivity index is 2.43. The van der Waals surface area contributed by atoms with Crippen molar-refractivity contribution >= 4 is 13.8 Å². The largest absolute Gasteiger partial charge is 0.360 e. The number of nitro groups is 1. The van der Waals surface area contributed by atoms with Crippen molar-refractivity contribution in [1.82, 2.24) is 9.78 Å². The molecule has 96 valence electrons. The number of aryl methyl sites for hydroxylation is 1. The van der Waals surface area contributed by atoms with Gasteiger partial charge in [-0.3, -0.25) is 10.1 Å². The van der Waals surface area contributed by atoms with E-state index >= 15 is 0 Å². The lowest BCUT2D eigenvalue weighted by Crippen LogP contribution is -2.22. The van der Waals surface area contributed by atoms with E-state index in [1.165, 1.54) is 10.9 Å². The Kier molecular flexibility index (Phi) is 4.41. The zero-order chi connectivity index (χ0) is 13.1. The second-order valence-electron chi connectivity index (χ2n) is 5.24. The molecule has 0 aliphatic rings. The van der Waals surface area contributed by atoms with Crippen molar-refractivity contribution in [3.05, 3.63) is 22.0 Å². The van der Waals surface area contributed by atoms with Crippen molar-refractivity contribution in [3.8, 4) is 0 Å². The third-order valence-electron chi connectivity index (χ3n) is 2.34. The van der Waals surface area contributed by atoms with Gasteiger partial charge in [0.05, 0.1) is 4.92 Å². The Hall–Kier alpha value is -1.21. The van der Waals surface area contributed by atoms with Crippen LogP contribution in [-0.2, 0) is 11.5 Å². The van der Waals surface area contributed by atoms with Crippen LogP contribution < -0.4 is 0 Å². The minimum absolute atomic E-state index is 0.0406. The van der Waals surface area contributed by atoms with Gasteiger partial charge in [0.2, 0.25) is 0 Å². The van der Waals surface area contributed by atoms with Crippen molar-refractivity contribution < 1.29 is 9.66 Å². The molecule has 1 aromatic heterocycles. The van der Waals surface area contributed by atoms with Crippen LogP contribution in [0.2, 0.25) is 25.7 Å². The van der Waals surface area contributed by atoms with E-state index < -0.39 is 13.0 Å². The monoisotopic (exact) mass is 257 g/mol. The lowest BCUT2D eigenvalue weighted by molar-refractivity contribution is -0.385. The molecular weight excluding hydrogens is 238 g/mol. The summed E-state index contributed by atoms with van der Waals surface area (Å²) in [4.78, 5) is 10.2. The third kappa shape index (κ3) is 4.66. The van der Waals surface area contributed by atoms with E-state index in [0.29, 0.717) is 12.3 Å². The molecule has 1 aromatic rings. The Labute approximate surface area is 102 Å². The summed E-state index contributed by atoms with van der Waals surface area (Å²) in [6.45, 7) is 9.41. The Morgan fingerprint density at radius 1 is 1.53 bits per heavy atom. The first-order valence-corrected chi connectivity index (χ1v) is 9.26. The van der Waals surface area contributed by atoms with Crippen molar-refractivity contribution in [2.75, 3.05) is 6.61 Å². The summed E-state index contributed by atoms with van der Waals surface area (Å²) in [5.74, 6) is 0. The first-order chi connectivity index (χ1) is 7.79. The molecule has 0 unspecified atom stereocenters. The van der Waals surface area contributed by atoms with E-state index in [0.717, 1.165) is 6.04 Å². The summed E-state index contributed by atoms with van der Waals surface area (Å²) < 4.78 is 6.93. The molecule has 17 heavy (non-hydrogen) atoms. The van der Waals surface area contributed by atoms with Gasteiger partial charge < -0.3 is 4.74 Å². The zero-order valence-corrected chi connectivity index (χ0v) is 11.8. The molecule has 0 amide bonds. The molecular formula is C10H19N3O3Si. The van der Waals surface area contributed by atoms with E-state index in [1.807, 2.05) is 0 Å². The van der Waals surface area contributed by atoms with Gasteiger partial charge in [0, 0.05) is 14.7 Å². The van der Waals surface area contributed by atoms with Crippen molar-refractivity contribution in [1.29, 1.82) is 0 Å². The molecule has 0 saturated heterocycles. The number of hydrogen-bond acceptors (Lipinski definition) is 4. The molecule has 0 N–H and O–H groups in total. The van der Waals surface area contributed by atoms with Crippen molar-refractivity contribution in [2.24, 2.45) is 0 Å². The smallest absolute Gasteiger partial charge is 0.309 e. The van der Waals surface area contributed by atoms with Gasteiger partial charge in [-0.15, -0.1) is 0 Å². The lowest BCUT2D eigenvalue weighted by Gasteiger charge is -2.15. The van der Waals surface area contributed by atoms with Gasteiger partial charge in [0.1, 0.15) is 18.6 Å². The summed E-state index contributed by atoms with van der Waals surface area (Å²) in [5, 5.41) is 14.6. The maximum absolute atomic E-state index is 10.6. The zero-order valence-electron chi connectivity index (χ0n) is 10.8. The Morgan fingerprint density at radius 3 is 2.65 bits per heavy atom. The van der Waals surface area contributed by atoms with Crippen LogP contribution in [0.25, 0.3) is 0 Å². The topological polar surface area (TPSA) is 70.2 Å². The predicted molar refractivity (Wildman–Crippen MR) is 67.7 cm³/mol. The summed E-state index contributed by atoms with van der Waals surface area (Å²) in [5.41, 5.74) is 0.461. The van der Waals surface area contributed by atoms with Crippen LogP contribution in [-0.4, -0.2) is 29.4 Å². The number of aromatic nitrogens is 2. The number of ether oxygens (including phenoxy) is 1. The molecule has 0 aliphatic carbocycles. The molecule has 0 spiro atoms. The minimum Gasteiger partial charge on any atom is -0.360 e. The molecule has 0 bridgehead atoms. The average molecular weight is 257 g/mol. The predicted octanol–water partition coefficient (Wildman–Crippen LogP) is 2.41. The highest BCUT2D eigenvalue weighted by Crippen LogP contribution is 2.15. The molecule has 1 rings (SSSR count). The van der Waals surface area contributed by atoms with Gasteiger partial charge in [-0.25, -0.2) is 4.68 Å². The number of nitrogens with zero attached hydrogens (tertiary/aromatic N) is 3. The highest BCUT2D eigenvalue weighted by molar-refractivity contribution is 6.76. The second-order valence-corrected chi connectivity index (χ2v) is 10.9. The molecule has 0 radical (unpaired) electrons. The fourth-order valence-corrected chi connectivity index (χ4v) is 2.05. The van der Waals surface area contributed by atoms with E-state index in [-0.39, 0.29) is 12.4 Å². The second kappa shape index (κ2) is 5.41. The minimum atomic E-state index is -1.08. The molecule has 0 saturated carbocycles. The standard InChI is InChI=1S/C10H19N3O3Si/c1-9-10(13(14)15)7-12(11-9)8-16-5-6-17(2,3)4/h7H,5-6,8H2,1-4H3. The highest BCUT2D eigenvalue weighted by Gasteiger charge is 2.15. The van der Waals surface area contributed by atoms with Crippen LogP contribution in [0.1, 0.15) is 5.69 Å². The summed E-state index contributed by atoms with van der Waals surface area (Å²) >= 11 is 0. The Morgan fingerprint density at radius 2 is 2.18 bits per heavy atom. The third-order valence-corrected chi connectivity index (χ3v) is 4.04. The van der Waals surface area contributed by atoms with Crippen LogP contribution in [0.15, 0.2) is 6.20 Å². The fraction of sp³-hybridized carbons (Fsp3) is 0.700. The quantitative estimate of drug-likeness (QED) is 0.339. The van der Waals surface area contributed by atoms with Gasteiger partial charge in [-0.2, -0.15) is 5.10 Å². The van der Waals surface area contributed by atoms with Crippen LogP contribution in [0.5, 0.6) is 0 Å². The van der Waals surface area contributed by atoms with Gasteiger partial charge in [-0.05, 0) is 13.0 Å². The maximum atomic E-state index is 10.6. The molecule has 0 atom stereocenters. The Bertz CT molecular complexity index is 398. The first kappa shape index (κ1) is 13.9. The average Bonchev–Trinajstić information content (AvgIpc) is 2.53. The molecule has 0 aromatic carbocycles. The molecule has 6 nitrogen and oxygen atoms in total. The summed E-state index contributed by atoms with van der Waals surface area (Å²) in [7, 11) is -1.08. The molecule has 0 fully saturated rings. The number of rotatable bonds is 6. The van der Waals surface area contributed by atoms with Crippen LogP contribution >= 0.6 is 0 Å². The van der Waals surface area contributed by atoms with Crippen molar-refractivity contribution in [2.45, 2.75) is 39.3 Å². The fourth-order valence-electron chi connectivity index (χ4n) is 1.29. The van der Waals surface area contributed by atoms with Crippen LogP contribution in [0.3, 0.4) is 0 Å². The van der Waals surface area contributed by atoms with E-state index in [9.17, 15) is 10.1 Å². The number of hydrogen-bond donors (Lipinski definition) is 0.